The molecule has 0 N–H and O–H groups in total. The molecule has 4 rings (SSSR count). The standard InChI is InChI=1S/C23H14ClNO6/c1-13-19(31-23(27)16-4-2-3-5-18(16)24)11-10-17-21(26)20(30-22(13)17)12-14-6-8-15(9-7-14)25(28)29/h2-12H,1H3/b20-12-. The second-order valence-corrected chi connectivity index (χ2v) is 7.13. The van der Waals surface area contributed by atoms with Crippen LogP contribution >= 0.6 is 11.6 Å². The molecule has 154 valence electrons. The number of rotatable bonds is 4. The number of nitro groups is 1. The molecule has 1 aliphatic heterocycles. The van der Waals surface area contributed by atoms with Crippen molar-refractivity contribution >= 4 is 35.1 Å². The van der Waals surface area contributed by atoms with Crippen LogP contribution in [0.2, 0.25) is 5.02 Å². The van der Waals surface area contributed by atoms with Crippen LogP contribution in [-0.2, 0) is 0 Å². The SMILES string of the molecule is Cc1c(OC(=O)c2ccccc2Cl)ccc2c1O/C(=C\c1ccc([N+](=O)[O-])cc1)C2=O. The van der Waals surface area contributed by atoms with E-state index in [4.69, 9.17) is 21.1 Å². The Hall–Kier alpha value is -3.97. The van der Waals surface area contributed by atoms with E-state index in [9.17, 15) is 19.7 Å². The first kappa shape index (κ1) is 20.3. The summed E-state index contributed by atoms with van der Waals surface area (Å²) in [6, 6.07) is 15.3. The highest BCUT2D eigenvalue weighted by molar-refractivity contribution is 6.33. The Bertz CT molecular complexity index is 1260. The van der Waals surface area contributed by atoms with Crippen molar-refractivity contribution in [2.24, 2.45) is 0 Å². The van der Waals surface area contributed by atoms with Crippen molar-refractivity contribution < 1.29 is 24.0 Å². The van der Waals surface area contributed by atoms with E-state index in [1.54, 1.807) is 31.2 Å². The fraction of sp³-hybridized carbons (Fsp3) is 0.0435. The molecule has 3 aromatic carbocycles. The molecule has 7 nitrogen and oxygen atoms in total. The van der Waals surface area contributed by atoms with Crippen molar-refractivity contribution in [2.75, 3.05) is 0 Å². The van der Waals surface area contributed by atoms with Gasteiger partial charge < -0.3 is 9.47 Å². The first-order valence-electron chi connectivity index (χ1n) is 9.14. The van der Waals surface area contributed by atoms with E-state index in [0.29, 0.717) is 22.4 Å². The van der Waals surface area contributed by atoms with Gasteiger partial charge in [0.05, 0.1) is 21.1 Å². The molecule has 0 spiro atoms. The van der Waals surface area contributed by atoms with Crippen LogP contribution in [0.1, 0.15) is 31.8 Å². The van der Waals surface area contributed by atoms with Gasteiger partial charge in [-0.1, -0.05) is 23.7 Å². The van der Waals surface area contributed by atoms with Gasteiger partial charge >= 0.3 is 5.97 Å². The number of non-ortho nitro benzene ring substituents is 1. The van der Waals surface area contributed by atoms with Crippen molar-refractivity contribution in [3.8, 4) is 11.5 Å². The third kappa shape index (κ3) is 3.91. The number of carbonyl (C=O) groups excluding carboxylic acids is 2. The van der Waals surface area contributed by atoms with Crippen LogP contribution in [0.3, 0.4) is 0 Å². The number of ketones is 1. The van der Waals surface area contributed by atoms with E-state index in [1.165, 1.54) is 42.5 Å². The summed E-state index contributed by atoms with van der Waals surface area (Å²) in [5.41, 5.74) is 1.57. The van der Waals surface area contributed by atoms with Crippen molar-refractivity contribution in [1.29, 1.82) is 0 Å². The molecule has 8 heteroatoms. The number of carbonyl (C=O) groups is 2. The summed E-state index contributed by atoms with van der Waals surface area (Å²) < 4.78 is 11.2. The largest absolute Gasteiger partial charge is 0.452 e. The highest BCUT2D eigenvalue weighted by Crippen LogP contribution is 2.39. The summed E-state index contributed by atoms with van der Waals surface area (Å²) in [4.78, 5) is 35.4. The second kappa shape index (κ2) is 8.04. The van der Waals surface area contributed by atoms with E-state index >= 15 is 0 Å². The van der Waals surface area contributed by atoms with Crippen LogP contribution in [0.5, 0.6) is 11.5 Å². The lowest BCUT2D eigenvalue weighted by Crippen LogP contribution is -2.10. The zero-order chi connectivity index (χ0) is 22.1. The van der Waals surface area contributed by atoms with Crippen LogP contribution < -0.4 is 9.47 Å². The van der Waals surface area contributed by atoms with E-state index in [0.717, 1.165) is 0 Å². The highest BCUT2D eigenvalue weighted by Gasteiger charge is 2.30. The molecule has 3 aromatic rings. The van der Waals surface area contributed by atoms with Crippen LogP contribution in [0.25, 0.3) is 6.08 Å². The molecule has 0 atom stereocenters. The van der Waals surface area contributed by atoms with Gasteiger partial charge in [0.2, 0.25) is 5.78 Å². The molecule has 0 aromatic heterocycles. The number of nitrogens with zero attached hydrogens (tertiary/aromatic N) is 1. The lowest BCUT2D eigenvalue weighted by Gasteiger charge is -2.10. The molecule has 0 radical (unpaired) electrons. The van der Waals surface area contributed by atoms with Crippen molar-refractivity contribution in [2.45, 2.75) is 6.92 Å². The van der Waals surface area contributed by atoms with Gasteiger partial charge in [0.25, 0.3) is 5.69 Å². The minimum absolute atomic E-state index is 0.0510. The van der Waals surface area contributed by atoms with Gasteiger partial charge in [-0.25, -0.2) is 4.79 Å². The summed E-state index contributed by atoms with van der Waals surface area (Å²) in [5, 5.41) is 11.1. The van der Waals surface area contributed by atoms with Crippen LogP contribution in [0.4, 0.5) is 5.69 Å². The lowest BCUT2D eigenvalue weighted by molar-refractivity contribution is -0.384. The molecule has 31 heavy (non-hydrogen) atoms. The number of allylic oxidation sites excluding steroid dienone is 1. The zero-order valence-electron chi connectivity index (χ0n) is 16.1. The average Bonchev–Trinajstić information content (AvgIpc) is 3.07. The highest BCUT2D eigenvalue weighted by atomic mass is 35.5. The molecule has 1 heterocycles. The maximum Gasteiger partial charge on any atom is 0.345 e. The maximum absolute atomic E-state index is 12.7. The molecular formula is C23H14ClNO6. The Morgan fingerprint density at radius 3 is 2.48 bits per heavy atom. The van der Waals surface area contributed by atoms with Crippen molar-refractivity contribution in [1.82, 2.24) is 0 Å². The number of Topliss-reactive ketones (excluding diaryl/α,β-unsaturated/α-hetero) is 1. The normalized spacial score (nSPS) is 13.6. The first-order chi connectivity index (χ1) is 14.8. The van der Waals surface area contributed by atoms with E-state index in [1.807, 2.05) is 0 Å². The Kier molecular flexibility index (Phi) is 5.27. The summed E-state index contributed by atoms with van der Waals surface area (Å²) >= 11 is 6.05. The van der Waals surface area contributed by atoms with Gasteiger partial charge in [0, 0.05) is 17.7 Å². The van der Waals surface area contributed by atoms with Gasteiger partial charge in [-0.05, 0) is 55.0 Å². The fourth-order valence-electron chi connectivity index (χ4n) is 3.10. The molecule has 0 bridgehead atoms. The second-order valence-electron chi connectivity index (χ2n) is 6.72. The van der Waals surface area contributed by atoms with Crippen LogP contribution in [0.15, 0.2) is 66.4 Å². The Balaban J connectivity index is 1.60. The topological polar surface area (TPSA) is 95.7 Å². The molecule has 0 unspecified atom stereocenters. The molecule has 0 aliphatic carbocycles. The molecule has 1 aliphatic rings. The number of esters is 1. The number of halogens is 1. The Labute approximate surface area is 181 Å². The monoisotopic (exact) mass is 435 g/mol. The zero-order valence-corrected chi connectivity index (χ0v) is 16.9. The summed E-state index contributed by atoms with van der Waals surface area (Å²) in [6.07, 6.45) is 1.50. The van der Waals surface area contributed by atoms with Crippen molar-refractivity contribution in [3.05, 3.63) is 104 Å². The minimum atomic E-state index is -0.625. The third-order valence-corrected chi connectivity index (χ3v) is 5.06. The number of hydrogen-bond acceptors (Lipinski definition) is 6. The van der Waals surface area contributed by atoms with Gasteiger partial charge in [-0.3, -0.25) is 14.9 Å². The van der Waals surface area contributed by atoms with Gasteiger partial charge in [-0.15, -0.1) is 0 Å². The Morgan fingerprint density at radius 2 is 1.81 bits per heavy atom. The predicted octanol–water partition coefficient (Wildman–Crippen LogP) is 5.39. The van der Waals surface area contributed by atoms with Crippen LogP contribution in [-0.4, -0.2) is 16.7 Å². The minimum Gasteiger partial charge on any atom is -0.452 e. The average molecular weight is 436 g/mol. The molecule has 0 fully saturated rings. The van der Waals surface area contributed by atoms with Gasteiger partial charge in [0.1, 0.15) is 11.5 Å². The summed E-state index contributed by atoms with van der Waals surface area (Å²) in [5.74, 6) is -0.350. The lowest BCUT2D eigenvalue weighted by atomic mass is 10.1. The quantitative estimate of drug-likeness (QED) is 0.179. The first-order valence-corrected chi connectivity index (χ1v) is 9.52. The molecule has 0 saturated carbocycles. The summed E-state index contributed by atoms with van der Waals surface area (Å²) in [7, 11) is 0. The van der Waals surface area contributed by atoms with Crippen molar-refractivity contribution in [3.63, 3.8) is 0 Å². The number of nitro benzene ring substituents is 1. The van der Waals surface area contributed by atoms with E-state index < -0.39 is 10.9 Å². The smallest absolute Gasteiger partial charge is 0.345 e. The number of benzene rings is 3. The molecule has 0 amide bonds. The van der Waals surface area contributed by atoms with E-state index in [-0.39, 0.29) is 33.6 Å². The third-order valence-electron chi connectivity index (χ3n) is 4.73. The molecule has 0 saturated heterocycles. The van der Waals surface area contributed by atoms with Gasteiger partial charge in [0.15, 0.2) is 5.76 Å². The maximum atomic E-state index is 12.7. The fourth-order valence-corrected chi connectivity index (χ4v) is 3.32. The van der Waals surface area contributed by atoms with E-state index in [2.05, 4.69) is 0 Å². The number of ether oxygens (including phenoxy) is 2. The Morgan fingerprint density at radius 1 is 1.10 bits per heavy atom. The number of fused-ring (bicyclic) bond motifs is 1. The van der Waals surface area contributed by atoms with Crippen LogP contribution in [0, 0.1) is 17.0 Å². The van der Waals surface area contributed by atoms with Gasteiger partial charge in [-0.2, -0.15) is 0 Å². The predicted molar refractivity (Wildman–Crippen MR) is 114 cm³/mol. The molecular weight excluding hydrogens is 422 g/mol. The summed E-state index contributed by atoms with van der Waals surface area (Å²) in [6.45, 7) is 1.68. The number of hydrogen-bond donors (Lipinski definition) is 0.